The van der Waals surface area contributed by atoms with Crippen molar-refractivity contribution in [3.8, 4) is 11.5 Å². The van der Waals surface area contributed by atoms with Crippen molar-refractivity contribution in [1.82, 2.24) is 5.32 Å². The summed E-state index contributed by atoms with van der Waals surface area (Å²) in [7, 11) is 3.41. The average molecular weight is 251 g/mol. The quantitative estimate of drug-likeness (QED) is 0.720. The van der Waals surface area contributed by atoms with Crippen molar-refractivity contribution in [3.63, 3.8) is 0 Å². The highest BCUT2D eigenvalue weighted by molar-refractivity contribution is 5.42. The molecule has 0 amide bonds. The molecule has 0 spiro atoms. The van der Waals surface area contributed by atoms with Gasteiger partial charge in [0.05, 0.1) is 14.2 Å². The van der Waals surface area contributed by atoms with Gasteiger partial charge in [-0.2, -0.15) is 0 Å². The Kier molecular flexibility index (Phi) is 6.58. The summed E-state index contributed by atoms with van der Waals surface area (Å²) in [5, 5.41) is 3.43. The van der Waals surface area contributed by atoms with Gasteiger partial charge in [-0.3, -0.25) is 0 Å². The Morgan fingerprint density at radius 3 is 2.56 bits per heavy atom. The molecule has 1 unspecified atom stereocenters. The van der Waals surface area contributed by atoms with Crippen molar-refractivity contribution in [2.75, 3.05) is 27.3 Å². The summed E-state index contributed by atoms with van der Waals surface area (Å²) in [6, 6.07) is 5.98. The van der Waals surface area contributed by atoms with Crippen LogP contribution in [-0.4, -0.2) is 27.3 Å². The van der Waals surface area contributed by atoms with Crippen LogP contribution >= 0.6 is 0 Å². The van der Waals surface area contributed by atoms with Crippen LogP contribution in [0.4, 0.5) is 0 Å². The summed E-state index contributed by atoms with van der Waals surface area (Å²) >= 11 is 0. The maximum Gasteiger partial charge on any atom is 0.122 e. The summed E-state index contributed by atoms with van der Waals surface area (Å²) < 4.78 is 10.7. The first-order chi connectivity index (χ1) is 8.72. The highest BCUT2D eigenvalue weighted by Crippen LogP contribution is 2.31. The van der Waals surface area contributed by atoms with Gasteiger partial charge in [-0.1, -0.05) is 13.8 Å². The first kappa shape index (κ1) is 14.8. The van der Waals surface area contributed by atoms with Gasteiger partial charge in [-0.05, 0) is 50.0 Å². The molecule has 0 saturated carbocycles. The summed E-state index contributed by atoms with van der Waals surface area (Å²) in [6.07, 6.45) is 2.28. The van der Waals surface area contributed by atoms with Crippen molar-refractivity contribution >= 4 is 0 Å². The van der Waals surface area contributed by atoms with Crippen molar-refractivity contribution in [1.29, 1.82) is 0 Å². The smallest absolute Gasteiger partial charge is 0.122 e. The molecule has 0 aliphatic carbocycles. The van der Waals surface area contributed by atoms with Crippen molar-refractivity contribution in [2.24, 2.45) is 0 Å². The van der Waals surface area contributed by atoms with Gasteiger partial charge in [-0.15, -0.1) is 0 Å². The molecule has 1 aromatic carbocycles. The van der Waals surface area contributed by atoms with Crippen LogP contribution in [0.3, 0.4) is 0 Å². The van der Waals surface area contributed by atoms with E-state index in [0.717, 1.165) is 31.0 Å². The first-order valence-corrected chi connectivity index (χ1v) is 6.65. The van der Waals surface area contributed by atoms with Crippen LogP contribution in [-0.2, 0) is 0 Å². The van der Waals surface area contributed by atoms with Crippen molar-refractivity contribution in [2.45, 2.75) is 32.6 Å². The average Bonchev–Trinajstić information content (AvgIpc) is 2.42. The lowest BCUT2D eigenvalue weighted by Gasteiger charge is -2.17. The Morgan fingerprint density at radius 1 is 1.17 bits per heavy atom. The number of nitrogens with one attached hydrogen (secondary N) is 1. The van der Waals surface area contributed by atoms with E-state index in [1.54, 1.807) is 14.2 Å². The van der Waals surface area contributed by atoms with Gasteiger partial charge in [0.2, 0.25) is 0 Å². The van der Waals surface area contributed by atoms with Gasteiger partial charge >= 0.3 is 0 Å². The van der Waals surface area contributed by atoms with Crippen LogP contribution in [0.1, 0.15) is 38.2 Å². The fourth-order valence-corrected chi connectivity index (χ4v) is 2.00. The zero-order valence-corrected chi connectivity index (χ0v) is 12.0. The predicted octanol–water partition coefficient (Wildman–Crippen LogP) is 3.20. The minimum atomic E-state index is 0.458. The van der Waals surface area contributed by atoms with E-state index in [4.69, 9.17) is 9.47 Å². The predicted molar refractivity (Wildman–Crippen MR) is 75.7 cm³/mol. The second-order valence-electron chi connectivity index (χ2n) is 4.55. The summed E-state index contributed by atoms with van der Waals surface area (Å²) in [5.74, 6) is 2.29. The van der Waals surface area contributed by atoms with Gasteiger partial charge < -0.3 is 14.8 Å². The van der Waals surface area contributed by atoms with E-state index in [1.165, 1.54) is 12.0 Å². The highest BCUT2D eigenvalue weighted by Gasteiger charge is 2.12. The third kappa shape index (κ3) is 4.22. The van der Waals surface area contributed by atoms with Gasteiger partial charge in [0.1, 0.15) is 11.5 Å². The molecule has 1 rings (SSSR count). The zero-order chi connectivity index (χ0) is 13.4. The fraction of sp³-hybridized carbons (Fsp3) is 0.600. The summed E-state index contributed by atoms with van der Waals surface area (Å²) in [5.41, 5.74) is 1.22. The minimum Gasteiger partial charge on any atom is -0.497 e. The lowest BCUT2D eigenvalue weighted by atomic mass is 9.96. The second kappa shape index (κ2) is 7.98. The van der Waals surface area contributed by atoms with E-state index in [1.807, 2.05) is 12.1 Å². The molecule has 0 aliphatic heterocycles. The molecule has 1 atom stereocenters. The van der Waals surface area contributed by atoms with Crippen LogP contribution in [0.25, 0.3) is 0 Å². The van der Waals surface area contributed by atoms with Crippen LogP contribution < -0.4 is 14.8 Å². The normalized spacial score (nSPS) is 12.2. The Hall–Kier alpha value is -1.22. The maximum atomic E-state index is 5.42. The molecule has 1 N–H and O–H groups in total. The molecule has 102 valence electrons. The lowest BCUT2D eigenvalue weighted by molar-refractivity contribution is 0.394. The molecule has 0 saturated heterocycles. The van der Waals surface area contributed by atoms with Gasteiger partial charge in [0, 0.05) is 5.56 Å². The second-order valence-corrected chi connectivity index (χ2v) is 4.55. The van der Waals surface area contributed by atoms with Gasteiger partial charge in [0.15, 0.2) is 0 Å². The Balaban J connectivity index is 2.66. The third-order valence-electron chi connectivity index (χ3n) is 3.15. The molecular formula is C15H25NO2. The highest BCUT2D eigenvalue weighted by atomic mass is 16.5. The molecular weight excluding hydrogens is 226 g/mol. The number of methoxy groups -OCH3 is 2. The van der Waals surface area contributed by atoms with E-state index in [-0.39, 0.29) is 0 Å². The largest absolute Gasteiger partial charge is 0.497 e. The standard InChI is InChI=1S/C15H25NO2/c1-5-9-16-10-8-12(2)14-11-13(17-3)6-7-15(14)18-4/h6-7,11-12,16H,5,8-10H2,1-4H3. The maximum absolute atomic E-state index is 5.42. The minimum absolute atomic E-state index is 0.458. The van der Waals surface area contributed by atoms with Crippen LogP contribution in [0.2, 0.25) is 0 Å². The zero-order valence-electron chi connectivity index (χ0n) is 12.0. The van der Waals surface area contributed by atoms with Crippen LogP contribution in [0, 0.1) is 0 Å². The summed E-state index contributed by atoms with van der Waals surface area (Å²) in [6.45, 7) is 6.53. The Labute approximate surface area is 110 Å². The van der Waals surface area contributed by atoms with Crippen molar-refractivity contribution < 1.29 is 9.47 Å². The monoisotopic (exact) mass is 251 g/mol. The SMILES string of the molecule is CCCNCCC(C)c1cc(OC)ccc1OC. The number of ether oxygens (including phenoxy) is 2. The topological polar surface area (TPSA) is 30.5 Å². The molecule has 0 heterocycles. The molecule has 1 aromatic rings. The molecule has 18 heavy (non-hydrogen) atoms. The Bertz CT molecular complexity index is 352. The molecule has 3 heteroatoms. The van der Waals surface area contributed by atoms with E-state index in [9.17, 15) is 0 Å². The fourth-order valence-electron chi connectivity index (χ4n) is 2.00. The molecule has 0 bridgehead atoms. The number of hydrogen-bond donors (Lipinski definition) is 1. The number of rotatable bonds is 8. The van der Waals surface area contributed by atoms with Gasteiger partial charge in [0.25, 0.3) is 0 Å². The molecule has 0 aliphatic rings. The van der Waals surface area contributed by atoms with Crippen LogP contribution in [0.5, 0.6) is 11.5 Å². The molecule has 0 fully saturated rings. The Morgan fingerprint density at radius 2 is 1.94 bits per heavy atom. The number of hydrogen-bond acceptors (Lipinski definition) is 3. The number of benzene rings is 1. The summed E-state index contributed by atoms with van der Waals surface area (Å²) in [4.78, 5) is 0. The van der Waals surface area contributed by atoms with E-state index in [0.29, 0.717) is 5.92 Å². The van der Waals surface area contributed by atoms with E-state index >= 15 is 0 Å². The van der Waals surface area contributed by atoms with Crippen molar-refractivity contribution in [3.05, 3.63) is 23.8 Å². The van der Waals surface area contributed by atoms with Gasteiger partial charge in [-0.25, -0.2) is 0 Å². The van der Waals surface area contributed by atoms with Crippen LogP contribution in [0.15, 0.2) is 18.2 Å². The van der Waals surface area contributed by atoms with E-state index < -0.39 is 0 Å². The van der Waals surface area contributed by atoms with E-state index in [2.05, 4.69) is 25.2 Å². The molecule has 0 radical (unpaired) electrons. The third-order valence-corrected chi connectivity index (χ3v) is 3.15. The molecule has 0 aromatic heterocycles. The first-order valence-electron chi connectivity index (χ1n) is 6.65. The lowest BCUT2D eigenvalue weighted by Crippen LogP contribution is -2.17. The molecule has 3 nitrogen and oxygen atoms in total.